The summed E-state index contributed by atoms with van der Waals surface area (Å²) in [5, 5.41) is 5.45. The van der Waals surface area contributed by atoms with E-state index in [0.29, 0.717) is 23.8 Å². The zero-order chi connectivity index (χ0) is 24.8. The van der Waals surface area contributed by atoms with Crippen LogP contribution in [0.4, 0.5) is 11.4 Å². The molecule has 0 atom stereocenters. The van der Waals surface area contributed by atoms with Crippen molar-refractivity contribution in [1.82, 2.24) is 9.88 Å². The standard InChI is InChI=1S/C27H32N4O3S/c1-4-30(17-25(32)28-22-9-11-23(12-10-22)31-13-15-34-16-14-31)27(33)24-18-35-26(29-24)21-7-5-20(6-8-21)19(2)3/h5-12,18-19H,4,13-17H2,1-3H3,(H,28,32). The van der Waals surface area contributed by atoms with Crippen molar-refractivity contribution < 1.29 is 14.3 Å². The summed E-state index contributed by atoms with van der Waals surface area (Å²) >= 11 is 1.44. The molecule has 0 unspecified atom stereocenters. The number of hydrogen-bond donors (Lipinski definition) is 1. The smallest absolute Gasteiger partial charge is 0.273 e. The van der Waals surface area contributed by atoms with Crippen LogP contribution in [0.1, 0.15) is 42.7 Å². The second kappa shape index (κ2) is 11.5. The molecule has 3 aromatic rings. The summed E-state index contributed by atoms with van der Waals surface area (Å²) in [6.45, 7) is 9.74. The Hall–Kier alpha value is -3.23. The average Bonchev–Trinajstić information content (AvgIpc) is 3.38. The second-order valence-corrected chi connectivity index (χ2v) is 9.69. The van der Waals surface area contributed by atoms with E-state index >= 15 is 0 Å². The van der Waals surface area contributed by atoms with E-state index in [-0.39, 0.29) is 18.4 Å². The summed E-state index contributed by atoms with van der Waals surface area (Å²) in [4.78, 5) is 34.0. The molecule has 8 heteroatoms. The van der Waals surface area contributed by atoms with Crippen molar-refractivity contribution >= 4 is 34.5 Å². The van der Waals surface area contributed by atoms with Gasteiger partial charge in [0.15, 0.2) is 0 Å². The largest absolute Gasteiger partial charge is 0.378 e. The number of rotatable bonds is 8. The normalized spacial score (nSPS) is 13.7. The van der Waals surface area contributed by atoms with E-state index in [4.69, 9.17) is 4.74 Å². The Morgan fingerprint density at radius 1 is 1.09 bits per heavy atom. The lowest BCUT2D eigenvalue weighted by atomic mass is 10.0. The number of likely N-dealkylation sites (N-methyl/N-ethyl adjacent to an activating group) is 1. The minimum Gasteiger partial charge on any atom is -0.378 e. The maximum atomic E-state index is 13.0. The van der Waals surface area contributed by atoms with Crippen molar-refractivity contribution in [1.29, 1.82) is 0 Å². The van der Waals surface area contributed by atoms with E-state index in [1.807, 2.05) is 43.3 Å². The zero-order valence-electron chi connectivity index (χ0n) is 20.5. The number of ether oxygens (including phenoxy) is 1. The van der Waals surface area contributed by atoms with E-state index in [0.717, 1.165) is 42.6 Å². The molecule has 1 aromatic heterocycles. The molecule has 2 amide bonds. The summed E-state index contributed by atoms with van der Waals surface area (Å²) in [6.07, 6.45) is 0. The Kier molecular flexibility index (Phi) is 8.15. The number of aromatic nitrogens is 1. The minimum atomic E-state index is -0.244. The SMILES string of the molecule is CCN(CC(=O)Nc1ccc(N2CCOCC2)cc1)C(=O)c1csc(-c2ccc(C(C)C)cc2)n1. The Bertz CT molecular complexity index is 1140. The number of amides is 2. The molecule has 35 heavy (non-hydrogen) atoms. The van der Waals surface area contributed by atoms with E-state index in [9.17, 15) is 9.59 Å². The van der Waals surface area contributed by atoms with Gasteiger partial charge in [-0.3, -0.25) is 9.59 Å². The monoisotopic (exact) mass is 492 g/mol. The molecule has 1 N–H and O–H groups in total. The maximum absolute atomic E-state index is 13.0. The van der Waals surface area contributed by atoms with Gasteiger partial charge in [0.05, 0.1) is 13.2 Å². The fourth-order valence-corrected chi connectivity index (χ4v) is 4.76. The molecular weight excluding hydrogens is 460 g/mol. The van der Waals surface area contributed by atoms with Crippen molar-refractivity contribution in [2.75, 3.05) is 49.6 Å². The molecule has 1 aliphatic heterocycles. The molecular formula is C27H32N4O3S. The fourth-order valence-electron chi connectivity index (χ4n) is 3.96. The Morgan fingerprint density at radius 2 is 1.77 bits per heavy atom. The third kappa shape index (κ3) is 6.26. The topological polar surface area (TPSA) is 74.8 Å². The van der Waals surface area contributed by atoms with Crippen LogP contribution in [0.25, 0.3) is 10.6 Å². The van der Waals surface area contributed by atoms with Crippen molar-refractivity contribution in [2.24, 2.45) is 0 Å². The van der Waals surface area contributed by atoms with Gasteiger partial charge in [-0.05, 0) is 42.7 Å². The van der Waals surface area contributed by atoms with Crippen LogP contribution in [-0.2, 0) is 9.53 Å². The summed E-state index contributed by atoms with van der Waals surface area (Å²) < 4.78 is 5.40. The van der Waals surface area contributed by atoms with Crippen LogP contribution in [-0.4, -0.2) is 61.1 Å². The van der Waals surface area contributed by atoms with Crippen molar-refractivity contribution in [3.63, 3.8) is 0 Å². The fraction of sp³-hybridized carbons (Fsp3) is 0.370. The van der Waals surface area contributed by atoms with Gasteiger partial charge in [-0.1, -0.05) is 38.1 Å². The molecule has 0 spiro atoms. The van der Waals surface area contributed by atoms with Gasteiger partial charge in [0, 0.05) is 42.0 Å². The van der Waals surface area contributed by atoms with Crippen LogP contribution in [0, 0.1) is 0 Å². The van der Waals surface area contributed by atoms with Gasteiger partial charge in [0.25, 0.3) is 5.91 Å². The molecule has 0 radical (unpaired) electrons. The van der Waals surface area contributed by atoms with Crippen molar-refractivity contribution in [3.05, 3.63) is 65.2 Å². The summed E-state index contributed by atoms with van der Waals surface area (Å²) in [6, 6.07) is 16.0. The lowest BCUT2D eigenvalue weighted by Crippen LogP contribution is -2.38. The first-order valence-electron chi connectivity index (χ1n) is 12.0. The van der Waals surface area contributed by atoms with E-state index in [1.54, 1.807) is 5.38 Å². The third-order valence-corrected chi connectivity index (χ3v) is 6.97. The minimum absolute atomic E-state index is 0.0313. The summed E-state index contributed by atoms with van der Waals surface area (Å²) in [7, 11) is 0. The highest BCUT2D eigenvalue weighted by Crippen LogP contribution is 2.26. The van der Waals surface area contributed by atoms with E-state index in [1.165, 1.54) is 21.8 Å². The first-order valence-corrected chi connectivity index (χ1v) is 12.9. The molecule has 0 aliphatic carbocycles. The first kappa shape index (κ1) is 24.9. The second-order valence-electron chi connectivity index (χ2n) is 8.83. The molecule has 0 bridgehead atoms. The average molecular weight is 493 g/mol. The summed E-state index contributed by atoms with van der Waals surface area (Å²) in [5.74, 6) is -0.0184. The Balaban J connectivity index is 1.35. The van der Waals surface area contributed by atoms with Crippen molar-refractivity contribution in [2.45, 2.75) is 26.7 Å². The van der Waals surface area contributed by atoms with Crippen LogP contribution < -0.4 is 10.2 Å². The molecule has 7 nitrogen and oxygen atoms in total. The highest BCUT2D eigenvalue weighted by Gasteiger charge is 2.21. The lowest BCUT2D eigenvalue weighted by Gasteiger charge is -2.29. The lowest BCUT2D eigenvalue weighted by molar-refractivity contribution is -0.116. The van der Waals surface area contributed by atoms with E-state index in [2.05, 4.69) is 41.2 Å². The number of nitrogens with zero attached hydrogens (tertiary/aromatic N) is 3. The quantitative estimate of drug-likeness (QED) is 0.486. The van der Waals surface area contributed by atoms with Gasteiger partial charge >= 0.3 is 0 Å². The first-order chi connectivity index (χ1) is 16.9. The van der Waals surface area contributed by atoms with Crippen LogP contribution in [0.3, 0.4) is 0 Å². The number of nitrogens with one attached hydrogen (secondary N) is 1. The Labute approximate surface area is 210 Å². The number of morpholine rings is 1. The zero-order valence-corrected chi connectivity index (χ0v) is 21.3. The highest BCUT2D eigenvalue weighted by atomic mass is 32.1. The van der Waals surface area contributed by atoms with Gasteiger partial charge in [-0.25, -0.2) is 4.98 Å². The van der Waals surface area contributed by atoms with E-state index < -0.39 is 0 Å². The number of benzene rings is 2. The van der Waals surface area contributed by atoms with Crippen LogP contribution in [0.15, 0.2) is 53.9 Å². The third-order valence-electron chi connectivity index (χ3n) is 6.08. The van der Waals surface area contributed by atoms with Gasteiger partial charge in [-0.15, -0.1) is 11.3 Å². The molecule has 1 aliphatic rings. The number of hydrogen-bond acceptors (Lipinski definition) is 6. The van der Waals surface area contributed by atoms with Gasteiger partial charge < -0.3 is 19.9 Å². The van der Waals surface area contributed by atoms with Crippen LogP contribution >= 0.6 is 11.3 Å². The van der Waals surface area contributed by atoms with Gasteiger partial charge in [-0.2, -0.15) is 0 Å². The molecule has 1 saturated heterocycles. The van der Waals surface area contributed by atoms with Crippen molar-refractivity contribution in [3.8, 4) is 10.6 Å². The number of carbonyl (C=O) groups excluding carboxylic acids is 2. The van der Waals surface area contributed by atoms with Crippen LogP contribution in [0.2, 0.25) is 0 Å². The molecule has 184 valence electrons. The molecule has 4 rings (SSSR count). The number of anilines is 2. The maximum Gasteiger partial charge on any atom is 0.273 e. The Morgan fingerprint density at radius 3 is 2.40 bits per heavy atom. The molecule has 1 fully saturated rings. The molecule has 0 saturated carbocycles. The van der Waals surface area contributed by atoms with Crippen LogP contribution in [0.5, 0.6) is 0 Å². The summed E-state index contributed by atoms with van der Waals surface area (Å²) in [5.41, 5.74) is 4.42. The number of carbonyl (C=O) groups is 2. The molecule has 2 aromatic carbocycles. The van der Waals surface area contributed by atoms with Gasteiger partial charge in [0.1, 0.15) is 17.2 Å². The number of thiazole rings is 1. The highest BCUT2D eigenvalue weighted by molar-refractivity contribution is 7.13. The predicted octanol–water partition coefficient (Wildman–Crippen LogP) is 4.87. The van der Waals surface area contributed by atoms with Gasteiger partial charge in [0.2, 0.25) is 5.91 Å². The predicted molar refractivity (Wildman–Crippen MR) is 141 cm³/mol. The molecule has 2 heterocycles.